The Morgan fingerprint density at radius 2 is 1.54 bits per heavy atom. The van der Waals surface area contributed by atoms with E-state index in [1.165, 1.54) is 22.7 Å². The summed E-state index contributed by atoms with van der Waals surface area (Å²) in [7, 11) is 0. The van der Waals surface area contributed by atoms with E-state index < -0.39 is 0 Å². The van der Waals surface area contributed by atoms with E-state index in [4.69, 9.17) is 26.4 Å². The molecule has 2 amide bonds. The van der Waals surface area contributed by atoms with Crippen molar-refractivity contribution in [2.24, 2.45) is 0 Å². The molecule has 1 aliphatic rings. The first kappa shape index (κ1) is 23.4. The Hall–Kier alpha value is -0.910. The highest BCUT2D eigenvalue weighted by Crippen LogP contribution is 2.26. The van der Waals surface area contributed by atoms with Crippen molar-refractivity contribution in [1.82, 2.24) is 10.2 Å². The van der Waals surface area contributed by atoms with Gasteiger partial charge in [0.25, 0.3) is 11.8 Å². The van der Waals surface area contributed by atoms with E-state index in [-0.39, 0.29) is 11.8 Å². The van der Waals surface area contributed by atoms with Crippen LogP contribution in [0.5, 0.6) is 0 Å². The van der Waals surface area contributed by atoms with Crippen LogP contribution in [-0.4, -0.2) is 76.0 Å². The van der Waals surface area contributed by atoms with Gasteiger partial charge in [0, 0.05) is 19.6 Å². The summed E-state index contributed by atoms with van der Waals surface area (Å²) in [6.07, 6.45) is 3.07. The zero-order chi connectivity index (χ0) is 20.2. The number of rotatable bonds is 6. The molecular formula is C18H28N2O5S3. The molecule has 1 saturated heterocycles. The fraction of sp³-hybridized carbons (Fsp3) is 0.722. The molecule has 0 aliphatic carbocycles. The third-order valence-corrected chi connectivity index (χ3v) is 6.72. The van der Waals surface area contributed by atoms with Crippen LogP contribution < -0.4 is 5.32 Å². The lowest BCUT2D eigenvalue weighted by Gasteiger charge is -2.23. The Morgan fingerprint density at radius 1 is 0.964 bits per heavy atom. The number of unbranched alkanes of at least 4 members (excludes halogenated alkanes) is 2. The lowest BCUT2D eigenvalue weighted by atomic mass is 10.2. The number of ether oxygens (including phenoxy) is 3. The average molecular weight is 449 g/mol. The predicted octanol–water partition coefficient (Wildman–Crippen LogP) is 2.96. The molecule has 0 atom stereocenters. The van der Waals surface area contributed by atoms with E-state index in [0.717, 1.165) is 19.3 Å². The monoisotopic (exact) mass is 448 g/mol. The van der Waals surface area contributed by atoms with Crippen LogP contribution in [0.25, 0.3) is 0 Å². The van der Waals surface area contributed by atoms with Gasteiger partial charge in [0.15, 0.2) is 0 Å². The maximum atomic E-state index is 13.1. The quantitative estimate of drug-likeness (QED) is 0.533. The minimum absolute atomic E-state index is 0.198. The standard InChI is InChI=1S/C18H28N2O5S3/c1-2-3-4-5-19-16(21)14-15(28-18(26)27-14)17(22)20-6-8-23-10-12-25-13-11-24-9-7-20/h2-13H2,1H3,(H,19,21). The third kappa shape index (κ3) is 7.84. The largest absolute Gasteiger partial charge is 0.377 e. The van der Waals surface area contributed by atoms with Crippen molar-refractivity contribution in [2.45, 2.75) is 26.2 Å². The van der Waals surface area contributed by atoms with Gasteiger partial charge in [-0.25, -0.2) is 0 Å². The highest BCUT2D eigenvalue weighted by molar-refractivity contribution is 7.76. The SMILES string of the molecule is CCCCCNC(=O)c1sc(=S)sc1C(=O)N1CCOCCOCCOCC1. The van der Waals surface area contributed by atoms with Crippen molar-refractivity contribution in [3.05, 3.63) is 12.9 Å². The first-order chi connectivity index (χ1) is 13.6. The van der Waals surface area contributed by atoms with E-state index in [1.807, 2.05) is 0 Å². The molecule has 0 radical (unpaired) electrons. The van der Waals surface area contributed by atoms with Gasteiger partial charge in [0.05, 0.1) is 39.6 Å². The van der Waals surface area contributed by atoms with Crippen molar-refractivity contribution in [1.29, 1.82) is 0 Å². The van der Waals surface area contributed by atoms with Crippen molar-refractivity contribution in [3.63, 3.8) is 0 Å². The predicted molar refractivity (Wildman–Crippen MR) is 113 cm³/mol. The van der Waals surface area contributed by atoms with Gasteiger partial charge < -0.3 is 24.4 Å². The zero-order valence-electron chi connectivity index (χ0n) is 16.2. The third-order valence-electron chi connectivity index (χ3n) is 4.09. The number of nitrogens with zero attached hydrogens (tertiary/aromatic N) is 1. The molecule has 0 spiro atoms. The molecule has 7 nitrogen and oxygen atoms in total. The molecule has 1 aromatic rings. The number of hydrogen-bond donors (Lipinski definition) is 1. The minimum Gasteiger partial charge on any atom is -0.377 e. The molecule has 2 rings (SSSR count). The molecule has 1 aromatic heterocycles. The Balaban J connectivity index is 2.05. The average Bonchev–Trinajstić information content (AvgIpc) is 3.07. The minimum atomic E-state index is -0.226. The smallest absolute Gasteiger partial charge is 0.265 e. The van der Waals surface area contributed by atoms with Gasteiger partial charge in [-0.05, 0) is 6.42 Å². The Labute approximate surface area is 179 Å². The van der Waals surface area contributed by atoms with Crippen LogP contribution in [0.2, 0.25) is 0 Å². The lowest BCUT2D eigenvalue weighted by molar-refractivity contribution is -0.00428. The van der Waals surface area contributed by atoms with Crippen molar-refractivity contribution in [2.75, 3.05) is 59.3 Å². The number of nitrogens with one attached hydrogen (secondary N) is 1. The zero-order valence-corrected chi connectivity index (χ0v) is 18.6. The highest BCUT2D eigenvalue weighted by Gasteiger charge is 2.25. The Morgan fingerprint density at radius 3 is 2.14 bits per heavy atom. The molecule has 1 N–H and O–H groups in total. The van der Waals surface area contributed by atoms with Gasteiger partial charge in [-0.1, -0.05) is 32.0 Å². The van der Waals surface area contributed by atoms with E-state index in [1.54, 1.807) is 4.90 Å². The summed E-state index contributed by atoms with van der Waals surface area (Å²) in [5.74, 6) is -0.424. The maximum absolute atomic E-state index is 13.1. The molecule has 158 valence electrons. The summed E-state index contributed by atoms with van der Waals surface area (Å²) in [5, 5.41) is 2.90. The van der Waals surface area contributed by atoms with Crippen LogP contribution in [0.3, 0.4) is 0 Å². The van der Waals surface area contributed by atoms with Gasteiger partial charge in [0.1, 0.15) is 12.9 Å². The summed E-state index contributed by atoms with van der Waals surface area (Å²) >= 11 is 7.65. The molecule has 10 heteroatoms. The highest BCUT2D eigenvalue weighted by atomic mass is 32.2. The number of carbonyl (C=O) groups is 2. The number of carbonyl (C=O) groups excluding carboxylic acids is 2. The van der Waals surface area contributed by atoms with Crippen LogP contribution in [0.1, 0.15) is 45.5 Å². The van der Waals surface area contributed by atoms with Gasteiger partial charge in [0.2, 0.25) is 0 Å². The summed E-state index contributed by atoms with van der Waals surface area (Å²) < 4.78 is 17.0. The molecular weight excluding hydrogens is 420 g/mol. The maximum Gasteiger partial charge on any atom is 0.265 e. The Bertz CT molecular complexity index is 664. The van der Waals surface area contributed by atoms with Crippen LogP contribution in [0.15, 0.2) is 0 Å². The second-order valence-corrected chi connectivity index (χ2v) is 9.43. The van der Waals surface area contributed by atoms with Crippen molar-refractivity contribution >= 4 is 46.7 Å². The van der Waals surface area contributed by atoms with Crippen molar-refractivity contribution < 1.29 is 23.8 Å². The van der Waals surface area contributed by atoms with E-state index in [9.17, 15) is 9.59 Å². The molecule has 28 heavy (non-hydrogen) atoms. The van der Waals surface area contributed by atoms with Gasteiger partial charge in [-0.2, -0.15) is 0 Å². The topological polar surface area (TPSA) is 77.1 Å². The molecule has 1 aliphatic heterocycles. The van der Waals surface area contributed by atoms with Crippen LogP contribution in [0.4, 0.5) is 0 Å². The summed E-state index contributed by atoms with van der Waals surface area (Å²) in [6, 6.07) is 0. The van der Waals surface area contributed by atoms with Crippen molar-refractivity contribution in [3.8, 4) is 0 Å². The summed E-state index contributed by atoms with van der Waals surface area (Å²) in [4.78, 5) is 28.1. The molecule has 0 saturated carbocycles. The molecule has 0 aromatic carbocycles. The fourth-order valence-corrected chi connectivity index (χ4v) is 5.07. The van der Waals surface area contributed by atoms with E-state index >= 15 is 0 Å². The van der Waals surface area contributed by atoms with Gasteiger partial charge >= 0.3 is 0 Å². The summed E-state index contributed by atoms with van der Waals surface area (Å²) in [6.45, 7) is 6.34. The molecule has 2 heterocycles. The van der Waals surface area contributed by atoms with Gasteiger partial charge in [-0.3, -0.25) is 9.59 Å². The summed E-state index contributed by atoms with van der Waals surface area (Å²) in [5.41, 5.74) is 0. The normalized spacial score (nSPS) is 16.8. The van der Waals surface area contributed by atoms with Crippen LogP contribution >= 0.6 is 34.9 Å². The number of amides is 2. The molecule has 0 unspecified atom stereocenters. The van der Waals surface area contributed by atoms with E-state index in [2.05, 4.69) is 12.2 Å². The molecule has 1 fully saturated rings. The number of hydrogen-bond acceptors (Lipinski definition) is 8. The Kier molecular flexibility index (Phi) is 11.1. The second-order valence-electron chi connectivity index (χ2n) is 6.20. The lowest BCUT2D eigenvalue weighted by Crippen LogP contribution is -2.38. The fourth-order valence-electron chi connectivity index (χ4n) is 2.58. The first-order valence-electron chi connectivity index (χ1n) is 9.58. The first-order valence-corrected chi connectivity index (χ1v) is 11.6. The second kappa shape index (κ2) is 13.3. The van der Waals surface area contributed by atoms with Gasteiger partial charge in [-0.15, -0.1) is 22.7 Å². The molecule has 0 bridgehead atoms. The van der Waals surface area contributed by atoms with Crippen LogP contribution in [0, 0.1) is 3.14 Å². The van der Waals surface area contributed by atoms with E-state index in [0.29, 0.717) is 72.2 Å². The van der Waals surface area contributed by atoms with Crippen LogP contribution in [-0.2, 0) is 14.2 Å².